The Kier molecular flexibility index (Phi) is 4.90. The second kappa shape index (κ2) is 7.27. The summed E-state index contributed by atoms with van der Waals surface area (Å²) < 4.78 is 4.73. The molecule has 0 radical (unpaired) electrons. The number of imide groups is 1. The van der Waals surface area contributed by atoms with Gasteiger partial charge in [0.2, 0.25) is 5.91 Å². The van der Waals surface area contributed by atoms with Gasteiger partial charge in [0.25, 0.3) is 5.91 Å². The molecule has 0 saturated carbocycles. The Morgan fingerprint density at radius 1 is 1.25 bits per heavy atom. The molecule has 1 aliphatic rings. The van der Waals surface area contributed by atoms with Crippen molar-refractivity contribution in [1.82, 2.24) is 10.2 Å². The number of carbonyl (C=O) groups excluding carboxylic acids is 3. The average molecular weight is 344 g/mol. The third-order valence-electron chi connectivity index (χ3n) is 3.69. The van der Waals surface area contributed by atoms with Crippen LogP contribution in [-0.2, 0) is 20.7 Å². The molecule has 24 heavy (non-hydrogen) atoms. The maximum Gasteiger partial charge on any atom is 0.417 e. The fraction of sp³-hybridized carbons (Fsp3) is 0.235. The number of rotatable bonds is 6. The maximum absolute atomic E-state index is 12.3. The van der Waals surface area contributed by atoms with Crippen LogP contribution in [0.2, 0.25) is 0 Å². The molecule has 124 valence electrons. The van der Waals surface area contributed by atoms with Crippen LogP contribution in [0.5, 0.6) is 0 Å². The Morgan fingerprint density at radius 3 is 2.67 bits per heavy atom. The molecule has 1 unspecified atom stereocenters. The van der Waals surface area contributed by atoms with Crippen molar-refractivity contribution in [2.45, 2.75) is 12.5 Å². The Balaban J connectivity index is 1.73. The van der Waals surface area contributed by atoms with Crippen molar-refractivity contribution >= 4 is 29.2 Å². The molecule has 0 bridgehead atoms. The largest absolute Gasteiger partial charge is 0.439 e. The summed E-state index contributed by atoms with van der Waals surface area (Å²) in [5.41, 5.74) is 1.75. The van der Waals surface area contributed by atoms with E-state index in [0.29, 0.717) is 0 Å². The zero-order valence-electron chi connectivity index (χ0n) is 12.8. The number of thiophene rings is 1. The summed E-state index contributed by atoms with van der Waals surface area (Å²) in [5, 5.41) is 6.73. The highest BCUT2D eigenvalue weighted by Crippen LogP contribution is 2.18. The molecule has 3 amide bonds. The topological polar surface area (TPSA) is 75.7 Å². The van der Waals surface area contributed by atoms with Crippen LogP contribution in [0, 0.1) is 0 Å². The van der Waals surface area contributed by atoms with E-state index < -0.39 is 18.0 Å². The van der Waals surface area contributed by atoms with Crippen molar-refractivity contribution < 1.29 is 19.1 Å². The average Bonchev–Trinajstić information content (AvgIpc) is 3.20. The highest BCUT2D eigenvalue weighted by molar-refractivity contribution is 7.08. The van der Waals surface area contributed by atoms with Gasteiger partial charge in [0.1, 0.15) is 0 Å². The van der Waals surface area contributed by atoms with Crippen molar-refractivity contribution in [1.29, 1.82) is 0 Å². The van der Waals surface area contributed by atoms with Crippen LogP contribution in [0.15, 0.2) is 47.2 Å². The molecule has 3 rings (SSSR count). The highest BCUT2D eigenvalue weighted by atomic mass is 32.1. The predicted octanol–water partition coefficient (Wildman–Crippen LogP) is 2.13. The summed E-state index contributed by atoms with van der Waals surface area (Å²) >= 11 is 1.53. The molecule has 2 aromatic rings. The van der Waals surface area contributed by atoms with E-state index in [1.54, 1.807) is 0 Å². The molecule has 2 heterocycles. The van der Waals surface area contributed by atoms with Crippen molar-refractivity contribution in [2.24, 2.45) is 0 Å². The van der Waals surface area contributed by atoms with E-state index in [9.17, 15) is 14.4 Å². The summed E-state index contributed by atoms with van der Waals surface area (Å²) in [6.07, 6.45) is -0.418. The van der Waals surface area contributed by atoms with E-state index in [0.717, 1.165) is 16.0 Å². The summed E-state index contributed by atoms with van der Waals surface area (Å²) in [6.45, 7) is -0.194. The molecule has 0 spiro atoms. The van der Waals surface area contributed by atoms with E-state index in [1.165, 1.54) is 11.3 Å². The molecule has 1 fully saturated rings. The standard InChI is InChI=1S/C17H16N2O4S/c20-15(8-12-6-7-24-11-12)18-14(13-4-2-1-3-5-13)9-19-16(21)10-23-17(19)22/h1-7,11,14H,8-10H2,(H,18,20). The van der Waals surface area contributed by atoms with Crippen LogP contribution in [0.25, 0.3) is 0 Å². The molecule has 7 heteroatoms. The Labute approximate surface area is 143 Å². The van der Waals surface area contributed by atoms with E-state index in [1.807, 2.05) is 47.2 Å². The lowest BCUT2D eigenvalue weighted by Gasteiger charge is -2.22. The van der Waals surface area contributed by atoms with Gasteiger partial charge in [-0.25, -0.2) is 9.69 Å². The highest BCUT2D eigenvalue weighted by Gasteiger charge is 2.33. The zero-order chi connectivity index (χ0) is 16.9. The van der Waals surface area contributed by atoms with Gasteiger partial charge in [-0.15, -0.1) is 0 Å². The number of nitrogens with zero attached hydrogens (tertiary/aromatic N) is 1. The Hall–Kier alpha value is -2.67. The Morgan fingerprint density at radius 2 is 2.04 bits per heavy atom. The number of ether oxygens (including phenoxy) is 1. The van der Waals surface area contributed by atoms with E-state index >= 15 is 0 Å². The van der Waals surface area contributed by atoms with Crippen molar-refractivity contribution in [3.63, 3.8) is 0 Å². The second-order valence-electron chi connectivity index (χ2n) is 5.40. The molecular formula is C17H16N2O4S. The number of hydrogen-bond acceptors (Lipinski definition) is 5. The number of cyclic esters (lactones) is 1. The first-order chi connectivity index (χ1) is 11.6. The van der Waals surface area contributed by atoms with Crippen LogP contribution in [-0.4, -0.2) is 36.0 Å². The van der Waals surface area contributed by atoms with Crippen molar-refractivity contribution in [3.05, 3.63) is 58.3 Å². The number of carbonyl (C=O) groups is 3. The van der Waals surface area contributed by atoms with Crippen molar-refractivity contribution in [3.8, 4) is 0 Å². The first-order valence-electron chi connectivity index (χ1n) is 7.46. The van der Waals surface area contributed by atoms with Gasteiger partial charge in [0.15, 0.2) is 6.61 Å². The van der Waals surface area contributed by atoms with E-state index in [2.05, 4.69) is 5.32 Å². The van der Waals surface area contributed by atoms with Gasteiger partial charge in [-0.05, 0) is 28.0 Å². The summed E-state index contributed by atoms with van der Waals surface area (Å²) in [7, 11) is 0. The lowest BCUT2D eigenvalue weighted by Crippen LogP contribution is -2.40. The molecule has 1 aromatic carbocycles. The molecule has 1 saturated heterocycles. The minimum atomic E-state index is -0.673. The first kappa shape index (κ1) is 16.2. The number of benzene rings is 1. The van der Waals surface area contributed by atoms with Crippen LogP contribution in [0.3, 0.4) is 0 Å². The number of nitrogens with one attached hydrogen (secondary N) is 1. The molecule has 1 aromatic heterocycles. The van der Waals surface area contributed by atoms with Crippen LogP contribution < -0.4 is 5.32 Å². The minimum Gasteiger partial charge on any atom is -0.439 e. The fourth-order valence-electron chi connectivity index (χ4n) is 2.48. The van der Waals surface area contributed by atoms with Gasteiger partial charge in [-0.1, -0.05) is 30.3 Å². The van der Waals surface area contributed by atoms with Crippen LogP contribution >= 0.6 is 11.3 Å². The van der Waals surface area contributed by atoms with E-state index in [4.69, 9.17) is 4.74 Å². The predicted molar refractivity (Wildman–Crippen MR) is 88.4 cm³/mol. The van der Waals surface area contributed by atoms with Gasteiger partial charge < -0.3 is 10.1 Å². The monoisotopic (exact) mass is 344 g/mol. The molecular weight excluding hydrogens is 328 g/mol. The summed E-state index contributed by atoms with van der Waals surface area (Å²) in [5.74, 6) is -0.560. The third kappa shape index (κ3) is 3.80. The lowest BCUT2D eigenvalue weighted by molar-refractivity contribution is -0.127. The quantitative estimate of drug-likeness (QED) is 0.871. The molecule has 0 aliphatic carbocycles. The van der Waals surface area contributed by atoms with E-state index in [-0.39, 0.29) is 25.5 Å². The Bertz CT molecular complexity index is 714. The van der Waals surface area contributed by atoms with Gasteiger partial charge in [0.05, 0.1) is 19.0 Å². The van der Waals surface area contributed by atoms with Gasteiger partial charge in [-0.3, -0.25) is 9.59 Å². The SMILES string of the molecule is O=C(Cc1ccsc1)NC(CN1C(=O)COC1=O)c1ccccc1. The number of hydrogen-bond donors (Lipinski definition) is 1. The van der Waals surface area contributed by atoms with Gasteiger partial charge in [-0.2, -0.15) is 11.3 Å². The van der Waals surface area contributed by atoms with Crippen LogP contribution in [0.1, 0.15) is 17.2 Å². The second-order valence-corrected chi connectivity index (χ2v) is 6.18. The summed E-state index contributed by atoms with van der Waals surface area (Å²) in [4.78, 5) is 36.8. The zero-order valence-corrected chi connectivity index (χ0v) is 13.6. The first-order valence-corrected chi connectivity index (χ1v) is 8.40. The fourth-order valence-corrected chi connectivity index (χ4v) is 3.15. The normalized spacial score (nSPS) is 15.2. The maximum atomic E-state index is 12.3. The smallest absolute Gasteiger partial charge is 0.417 e. The minimum absolute atomic E-state index is 0.0526. The third-order valence-corrected chi connectivity index (χ3v) is 4.42. The summed E-state index contributed by atoms with van der Waals surface area (Å²) in [6, 6.07) is 10.7. The molecule has 1 atom stereocenters. The van der Waals surface area contributed by atoms with Crippen LogP contribution in [0.4, 0.5) is 4.79 Å². The number of amides is 3. The molecule has 1 aliphatic heterocycles. The van der Waals surface area contributed by atoms with Crippen molar-refractivity contribution in [2.75, 3.05) is 13.2 Å². The molecule has 6 nitrogen and oxygen atoms in total. The lowest BCUT2D eigenvalue weighted by atomic mass is 10.1. The molecule has 1 N–H and O–H groups in total. The van der Waals surface area contributed by atoms with Gasteiger partial charge >= 0.3 is 6.09 Å². The van der Waals surface area contributed by atoms with Gasteiger partial charge in [0, 0.05) is 0 Å².